The molecule has 14 heavy (non-hydrogen) atoms. The Morgan fingerprint density at radius 1 is 1.36 bits per heavy atom. The quantitative estimate of drug-likeness (QED) is 0.571. The summed E-state index contributed by atoms with van der Waals surface area (Å²) in [6.07, 6.45) is -2.94. The van der Waals surface area contributed by atoms with Gasteiger partial charge in [0.25, 0.3) is 0 Å². The van der Waals surface area contributed by atoms with E-state index in [0.717, 1.165) is 0 Å². The monoisotopic (exact) mass is 228 g/mol. The van der Waals surface area contributed by atoms with Crippen molar-refractivity contribution in [1.29, 1.82) is 0 Å². The van der Waals surface area contributed by atoms with Crippen LogP contribution >= 0.6 is 0 Å². The molecule has 0 saturated carbocycles. The lowest BCUT2D eigenvalue weighted by Crippen LogP contribution is -2.50. The minimum atomic E-state index is -4.58. The normalized spacial score (nSPS) is 34.4. The number of aliphatic hydroxyl groups excluding tert-OH is 1. The van der Waals surface area contributed by atoms with Crippen LogP contribution in [-0.4, -0.2) is 56.7 Å². The van der Waals surface area contributed by atoms with E-state index in [1.54, 1.807) is 0 Å². The third kappa shape index (κ3) is 3.15. The van der Waals surface area contributed by atoms with E-state index in [0.29, 0.717) is 0 Å². The van der Waals surface area contributed by atoms with Crippen LogP contribution in [0.25, 0.3) is 0 Å². The van der Waals surface area contributed by atoms with Gasteiger partial charge in [0.05, 0.1) is 13.2 Å². The Hall–Kier alpha value is -0.250. The first-order chi connectivity index (χ1) is 6.44. The maximum atomic E-state index is 10.4. The molecule has 1 heterocycles. The summed E-state index contributed by atoms with van der Waals surface area (Å²) in [5.74, 6) is 0. The predicted molar refractivity (Wildman–Crippen MR) is 44.0 cm³/mol. The standard InChI is InChI=1S/C6H12O7S/c1-11-4-2-12-3-5(6(4)7)13-14(8,9)10/h4-7H,2-3H2,1H3,(H,8,9,10). The van der Waals surface area contributed by atoms with Crippen molar-refractivity contribution in [2.24, 2.45) is 0 Å². The van der Waals surface area contributed by atoms with Crippen LogP contribution in [0.4, 0.5) is 0 Å². The van der Waals surface area contributed by atoms with Crippen LogP contribution in [0.3, 0.4) is 0 Å². The second-order valence-corrected chi connectivity index (χ2v) is 3.91. The van der Waals surface area contributed by atoms with Crippen molar-refractivity contribution < 1.29 is 31.7 Å². The van der Waals surface area contributed by atoms with Crippen LogP contribution < -0.4 is 0 Å². The molecule has 1 aliphatic rings. The van der Waals surface area contributed by atoms with Crippen molar-refractivity contribution in [2.75, 3.05) is 20.3 Å². The van der Waals surface area contributed by atoms with Crippen molar-refractivity contribution in [3.63, 3.8) is 0 Å². The van der Waals surface area contributed by atoms with Crippen LogP contribution in [0.1, 0.15) is 0 Å². The zero-order valence-corrected chi connectivity index (χ0v) is 8.31. The summed E-state index contributed by atoms with van der Waals surface area (Å²) >= 11 is 0. The van der Waals surface area contributed by atoms with Crippen molar-refractivity contribution >= 4 is 10.4 Å². The lowest BCUT2D eigenvalue weighted by Gasteiger charge is -2.32. The number of ether oxygens (including phenoxy) is 2. The molecule has 0 aliphatic carbocycles. The van der Waals surface area contributed by atoms with Gasteiger partial charge in [-0.1, -0.05) is 0 Å². The van der Waals surface area contributed by atoms with Crippen molar-refractivity contribution in [1.82, 2.24) is 0 Å². The highest BCUT2D eigenvalue weighted by molar-refractivity contribution is 7.80. The number of hydrogen-bond donors (Lipinski definition) is 2. The van der Waals surface area contributed by atoms with Gasteiger partial charge in [-0.25, -0.2) is 4.18 Å². The Morgan fingerprint density at radius 2 is 1.93 bits per heavy atom. The van der Waals surface area contributed by atoms with Gasteiger partial charge in [-0.2, -0.15) is 8.42 Å². The molecule has 0 spiro atoms. The molecule has 0 aromatic carbocycles. The average Bonchev–Trinajstić information content (AvgIpc) is 2.06. The van der Waals surface area contributed by atoms with Gasteiger partial charge >= 0.3 is 10.4 Å². The Labute approximate surface area is 81.5 Å². The highest BCUT2D eigenvalue weighted by Crippen LogP contribution is 2.15. The fourth-order valence-electron chi connectivity index (χ4n) is 1.19. The molecule has 8 heteroatoms. The predicted octanol–water partition coefficient (Wildman–Crippen LogP) is -1.42. The minimum Gasteiger partial charge on any atom is -0.387 e. The Kier molecular flexibility index (Phi) is 3.81. The molecule has 2 N–H and O–H groups in total. The van der Waals surface area contributed by atoms with E-state index >= 15 is 0 Å². The summed E-state index contributed by atoms with van der Waals surface area (Å²) in [6, 6.07) is 0. The Bertz CT molecular complexity index is 274. The summed E-state index contributed by atoms with van der Waals surface area (Å²) in [5, 5.41) is 9.49. The second kappa shape index (κ2) is 4.51. The zero-order chi connectivity index (χ0) is 10.8. The van der Waals surface area contributed by atoms with E-state index in [1.165, 1.54) is 7.11 Å². The highest BCUT2D eigenvalue weighted by Gasteiger charge is 2.36. The summed E-state index contributed by atoms with van der Waals surface area (Å²) in [5.41, 5.74) is 0. The molecule has 3 atom stereocenters. The van der Waals surface area contributed by atoms with Crippen LogP contribution in [0, 0.1) is 0 Å². The zero-order valence-electron chi connectivity index (χ0n) is 7.49. The topological polar surface area (TPSA) is 102 Å². The van der Waals surface area contributed by atoms with E-state index in [4.69, 9.17) is 14.0 Å². The summed E-state index contributed by atoms with van der Waals surface area (Å²) in [7, 11) is -3.23. The molecule has 7 nitrogen and oxygen atoms in total. The molecule has 1 saturated heterocycles. The smallest absolute Gasteiger partial charge is 0.387 e. The summed E-state index contributed by atoms with van der Waals surface area (Å²) in [4.78, 5) is 0. The molecule has 0 aromatic heterocycles. The van der Waals surface area contributed by atoms with Gasteiger partial charge in [-0.15, -0.1) is 0 Å². The van der Waals surface area contributed by atoms with E-state index < -0.39 is 28.7 Å². The van der Waals surface area contributed by atoms with Gasteiger partial charge in [0.15, 0.2) is 0 Å². The van der Waals surface area contributed by atoms with Crippen LogP contribution in [0.15, 0.2) is 0 Å². The molecule has 3 unspecified atom stereocenters. The molecule has 1 rings (SSSR count). The van der Waals surface area contributed by atoms with Gasteiger partial charge in [-0.3, -0.25) is 4.55 Å². The second-order valence-electron chi connectivity index (χ2n) is 2.86. The van der Waals surface area contributed by atoms with Gasteiger partial charge in [-0.05, 0) is 0 Å². The number of methoxy groups -OCH3 is 1. The number of aliphatic hydroxyl groups is 1. The van der Waals surface area contributed by atoms with E-state index in [-0.39, 0.29) is 13.2 Å². The third-order valence-electron chi connectivity index (χ3n) is 1.87. The van der Waals surface area contributed by atoms with Crippen molar-refractivity contribution in [3.8, 4) is 0 Å². The molecule has 84 valence electrons. The molecule has 0 aromatic rings. The van der Waals surface area contributed by atoms with Crippen LogP contribution in [0.2, 0.25) is 0 Å². The van der Waals surface area contributed by atoms with Crippen LogP contribution in [0.5, 0.6) is 0 Å². The number of rotatable bonds is 3. The van der Waals surface area contributed by atoms with Crippen molar-refractivity contribution in [2.45, 2.75) is 18.3 Å². The first-order valence-corrected chi connectivity index (χ1v) is 5.25. The Balaban J connectivity index is 2.61. The molecule has 0 bridgehead atoms. The largest absolute Gasteiger partial charge is 0.397 e. The first-order valence-electron chi connectivity index (χ1n) is 3.88. The highest BCUT2D eigenvalue weighted by atomic mass is 32.3. The number of hydrogen-bond acceptors (Lipinski definition) is 6. The maximum Gasteiger partial charge on any atom is 0.397 e. The van der Waals surface area contributed by atoms with Gasteiger partial charge in [0.1, 0.15) is 18.3 Å². The molecular formula is C6H12O7S. The lowest BCUT2D eigenvalue weighted by atomic mass is 10.1. The van der Waals surface area contributed by atoms with E-state index in [2.05, 4.69) is 4.18 Å². The fraction of sp³-hybridized carbons (Fsp3) is 1.00. The maximum absolute atomic E-state index is 10.4. The summed E-state index contributed by atoms with van der Waals surface area (Å²) < 4.78 is 43.0. The van der Waals surface area contributed by atoms with Crippen molar-refractivity contribution in [3.05, 3.63) is 0 Å². The minimum absolute atomic E-state index is 0.110. The van der Waals surface area contributed by atoms with Gasteiger partial charge in [0.2, 0.25) is 0 Å². The SMILES string of the molecule is COC1COCC(OS(=O)(=O)O)C1O. The molecule has 0 amide bonds. The molecule has 1 fully saturated rings. The van der Waals surface area contributed by atoms with E-state index in [9.17, 15) is 13.5 Å². The average molecular weight is 228 g/mol. The molecule has 1 aliphatic heterocycles. The van der Waals surface area contributed by atoms with Gasteiger partial charge in [0, 0.05) is 7.11 Å². The molecular weight excluding hydrogens is 216 g/mol. The van der Waals surface area contributed by atoms with Crippen LogP contribution in [-0.2, 0) is 24.1 Å². The van der Waals surface area contributed by atoms with Gasteiger partial charge < -0.3 is 14.6 Å². The summed E-state index contributed by atoms with van der Waals surface area (Å²) in [6.45, 7) is 0.0455. The third-order valence-corrected chi connectivity index (χ3v) is 2.36. The first kappa shape index (κ1) is 11.8. The fourth-order valence-corrected chi connectivity index (χ4v) is 1.67. The van der Waals surface area contributed by atoms with E-state index in [1.807, 2.05) is 0 Å². The Morgan fingerprint density at radius 3 is 2.43 bits per heavy atom. The lowest BCUT2D eigenvalue weighted by molar-refractivity contribution is -0.153. The molecule has 0 radical (unpaired) electrons.